The number of carbonyl (C=O) groups is 4. The third kappa shape index (κ3) is 5.08. The van der Waals surface area contributed by atoms with Gasteiger partial charge in [0.15, 0.2) is 0 Å². The van der Waals surface area contributed by atoms with E-state index in [0.717, 1.165) is 16.9 Å². The second-order valence-corrected chi connectivity index (χ2v) is 10.2. The van der Waals surface area contributed by atoms with Crippen molar-refractivity contribution in [3.63, 3.8) is 0 Å². The molecule has 0 aromatic heterocycles. The van der Waals surface area contributed by atoms with E-state index in [-0.39, 0.29) is 36.7 Å². The molecule has 0 fully saturated rings. The summed E-state index contributed by atoms with van der Waals surface area (Å²) in [6, 6.07) is 28.7. The first-order valence-corrected chi connectivity index (χ1v) is 13.6. The van der Waals surface area contributed by atoms with Crippen LogP contribution in [0.5, 0.6) is 0 Å². The molecule has 0 N–H and O–H groups in total. The summed E-state index contributed by atoms with van der Waals surface area (Å²) in [5, 5.41) is 8.61. The first-order valence-electron chi connectivity index (χ1n) is 13.6. The van der Waals surface area contributed by atoms with Crippen molar-refractivity contribution in [1.29, 1.82) is 0 Å². The maximum atomic E-state index is 13.0. The normalized spacial score (nSPS) is 14.2. The van der Waals surface area contributed by atoms with Gasteiger partial charge in [-0.15, -0.1) is 0 Å². The number of fused-ring (bicyclic) bond motifs is 2. The fraction of sp³-hybridized carbons (Fsp3) is 0.152. The molecule has 0 saturated heterocycles. The minimum Gasteiger partial charge on any atom is -0.368 e. The molecule has 0 spiro atoms. The lowest BCUT2D eigenvalue weighted by Crippen LogP contribution is -2.42. The summed E-state index contributed by atoms with van der Waals surface area (Å²) >= 11 is 0. The molecule has 42 heavy (non-hydrogen) atoms. The van der Waals surface area contributed by atoms with E-state index in [2.05, 4.69) is 10.2 Å². The van der Waals surface area contributed by atoms with Crippen LogP contribution in [0.1, 0.15) is 47.0 Å². The van der Waals surface area contributed by atoms with E-state index in [0.29, 0.717) is 41.0 Å². The van der Waals surface area contributed by atoms with Crippen molar-refractivity contribution in [3.05, 3.63) is 125 Å². The Morgan fingerprint density at radius 1 is 0.524 bits per heavy atom. The van der Waals surface area contributed by atoms with Crippen molar-refractivity contribution in [2.45, 2.75) is 6.92 Å². The molecule has 4 aromatic carbocycles. The van der Waals surface area contributed by atoms with E-state index in [4.69, 9.17) is 0 Å². The van der Waals surface area contributed by atoms with Gasteiger partial charge in [0, 0.05) is 31.9 Å². The number of rotatable bonds is 9. The Hall–Kier alpha value is -5.44. The molecular formula is C33H27N5O4. The minimum absolute atomic E-state index is 0.142. The zero-order valence-electron chi connectivity index (χ0n) is 22.9. The molecule has 0 saturated carbocycles. The largest absolute Gasteiger partial charge is 0.368 e. The van der Waals surface area contributed by atoms with Gasteiger partial charge in [0.2, 0.25) is 0 Å². The highest BCUT2D eigenvalue weighted by atomic mass is 16.2. The number of nitrogens with zero attached hydrogens (tertiary/aromatic N) is 5. The molecule has 2 heterocycles. The lowest BCUT2D eigenvalue weighted by molar-refractivity contribution is 0.0650. The Morgan fingerprint density at radius 2 is 0.881 bits per heavy atom. The second kappa shape index (κ2) is 11.2. The SMILES string of the molecule is Cc1ccc(N=Nc2ccc(N(CCN3C(=O)c4ccccc4C3=O)CCN3C(=O)c4ccccc4C3=O)cc2)cc1. The van der Waals surface area contributed by atoms with E-state index in [1.807, 2.05) is 60.4 Å². The van der Waals surface area contributed by atoms with Crippen LogP contribution in [0.3, 0.4) is 0 Å². The van der Waals surface area contributed by atoms with E-state index in [9.17, 15) is 19.2 Å². The highest BCUT2D eigenvalue weighted by Crippen LogP contribution is 2.26. The summed E-state index contributed by atoms with van der Waals surface area (Å²) in [5.41, 5.74) is 4.89. The number of carbonyl (C=O) groups excluding carboxylic acids is 4. The number of hydrogen-bond donors (Lipinski definition) is 0. The predicted molar refractivity (Wildman–Crippen MR) is 158 cm³/mol. The summed E-state index contributed by atoms with van der Waals surface area (Å²) in [6.45, 7) is 2.90. The molecular weight excluding hydrogens is 530 g/mol. The number of azo groups is 1. The van der Waals surface area contributed by atoms with Crippen molar-refractivity contribution >= 4 is 40.7 Å². The quantitative estimate of drug-likeness (QED) is 0.191. The fourth-order valence-electron chi connectivity index (χ4n) is 5.15. The molecule has 4 aromatic rings. The van der Waals surface area contributed by atoms with Gasteiger partial charge >= 0.3 is 0 Å². The van der Waals surface area contributed by atoms with Gasteiger partial charge in [0.25, 0.3) is 23.6 Å². The average molecular weight is 558 g/mol. The van der Waals surface area contributed by atoms with Crippen LogP contribution >= 0.6 is 0 Å². The van der Waals surface area contributed by atoms with Gasteiger partial charge in [-0.1, -0.05) is 42.0 Å². The summed E-state index contributed by atoms with van der Waals surface area (Å²) in [7, 11) is 0. The second-order valence-electron chi connectivity index (χ2n) is 10.2. The summed E-state index contributed by atoms with van der Waals surface area (Å²) in [4.78, 5) is 56.2. The van der Waals surface area contributed by atoms with Crippen LogP contribution in [-0.4, -0.2) is 59.6 Å². The summed E-state index contributed by atoms with van der Waals surface area (Å²) in [6.07, 6.45) is 0. The Balaban J connectivity index is 1.20. The average Bonchev–Trinajstić information content (AvgIpc) is 3.41. The van der Waals surface area contributed by atoms with E-state index in [1.54, 1.807) is 48.5 Å². The number of benzene rings is 4. The van der Waals surface area contributed by atoms with Crippen molar-refractivity contribution in [2.24, 2.45) is 10.2 Å². The van der Waals surface area contributed by atoms with Crippen LogP contribution in [0.25, 0.3) is 0 Å². The van der Waals surface area contributed by atoms with Crippen molar-refractivity contribution < 1.29 is 19.2 Å². The van der Waals surface area contributed by atoms with Gasteiger partial charge in [-0.25, -0.2) is 0 Å². The monoisotopic (exact) mass is 557 g/mol. The number of hydrogen-bond acceptors (Lipinski definition) is 7. The first-order chi connectivity index (χ1) is 20.4. The molecule has 0 aliphatic carbocycles. The molecule has 0 bridgehead atoms. The number of imide groups is 2. The number of anilines is 1. The molecule has 0 unspecified atom stereocenters. The van der Waals surface area contributed by atoms with Crippen LogP contribution in [-0.2, 0) is 0 Å². The van der Waals surface area contributed by atoms with Crippen LogP contribution in [0.15, 0.2) is 107 Å². The number of aryl methyl sites for hydroxylation is 1. The lowest BCUT2D eigenvalue weighted by atomic mass is 10.1. The lowest BCUT2D eigenvalue weighted by Gasteiger charge is -2.28. The molecule has 9 nitrogen and oxygen atoms in total. The highest BCUT2D eigenvalue weighted by Gasteiger charge is 2.36. The van der Waals surface area contributed by atoms with Crippen LogP contribution in [0.2, 0.25) is 0 Å². The maximum absolute atomic E-state index is 13.0. The molecule has 6 rings (SSSR count). The Kier molecular flexibility index (Phi) is 7.14. The molecule has 4 amide bonds. The van der Waals surface area contributed by atoms with Gasteiger partial charge < -0.3 is 4.90 Å². The molecule has 0 atom stereocenters. The van der Waals surface area contributed by atoms with E-state index in [1.165, 1.54) is 9.80 Å². The molecule has 208 valence electrons. The topological polar surface area (TPSA) is 103 Å². The Labute approximate surface area is 242 Å². The van der Waals surface area contributed by atoms with Crippen molar-refractivity contribution in [2.75, 3.05) is 31.1 Å². The van der Waals surface area contributed by atoms with Gasteiger partial charge in [-0.05, 0) is 67.6 Å². The summed E-state index contributed by atoms with van der Waals surface area (Å²) in [5.74, 6) is -1.32. The van der Waals surface area contributed by atoms with Gasteiger partial charge in [0.1, 0.15) is 0 Å². The molecule has 0 radical (unpaired) electrons. The molecule has 2 aliphatic heterocycles. The van der Waals surface area contributed by atoms with E-state index < -0.39 is 0 Å². The van der Waals surface area contributed by atoms with Crippen molar-refractivity contribution in [1.82, 2.24) is 9.80 Å². The van der Waals surface area contributed by atoms with Crippen LogP contribution in [0.4, 0.5) is 17.1 Å². The van der Waals surface area contributed by atoms with Crippen LogP contribution in [0, 0.1) is 6.92 Å². The minimum atomic E-state index is -0.331. The van der Waals surface area contributed by atoms with Gasteiger partial charge in [-0.3, -0.25) is 29.0 Å². The summed E-state index contributed by atoms with van der Waals surface area (Å²) < 4.78 is 0. The van der Waals surface area contributed by atoms with E-state index >= 15 is 0 Å². The third-order valence-corrected chi connectivity index (χ3v) is 7.47. The first kappa shape index (κ1) is 26.8. The Bertz CT molecular complexity index is 1580. The maximum Gasteiger partial charge on any atom is 0.261 e. The fourth-order valence-corrected chi connectivity index (χ4v) is 5.15. The van der Waals surface area contributed by atoms with Crippen molar-refractivity contribution in [3.8, 4) is 0 Å². The predicted octanol–water partition coefficient (Wildman–Crippen LogP) is 5.81. The molecule has 9 heteroatoms. The van der Waals surface area contributed by atoms with Crippen LogP contribution < -0.4 is 4.90 Å². The van der Waals surface area contributed by atoms with Gasteiger partial charge in [0.05, 0.1) is 33.6 Å². The smallest absolute Gasteiger partial charge is 0.261 e. The zero-order chi connectivity index (χ0) is 29.2. The highest BCUT2D eigenvalue weighted by molar-refractivity contribution is 6.22. The van der Waals surface area contributed by atoms with Gasteiger partial charge in [-0.2, -0.15) is 10.2 Å². The number of amides is 4. The third-order valence-electron chi connectivity index (χ3n) is 7.47. The Morgan fingerprint density at radius 3 is 1.26 bits per heavy atom. The zero-order valence-corrected chi connectivity index (χ0v) is 22.9. The standard InChI is InChI=1S/C33H27N5O4/c1-22-10-12-23(13-11-22)34-35-24-14-16-25(17-15-24)36(18-20-37-30(39)26-6-2-3-7-27(26)31(37)40)19-21-38-32(41)28-8-4-5-9-29(28)33(38)42/h2-17H,18-21H2,1H3. The molecule has 2 aliphatic rings.